The van der Waals surface area contributed by atoms with Gasteiger partial charge in [0.1, 0.15) is 0 Å². The number of carbonyl (C=O) groups is 2. The van der Waals surface area contributed by atoms with E-state index in [0.717, 1.165) is 11.3 Å². The summed E-state index contributed by atoms with van der Waals surface area (Å²) in [4.78, 5) is 26.4. The smallest absolute Gasteiger partial charge is 0.235 e. The summed E-state index contributed by atoms with van der Waals surface area (Å²) in [6.07, 6.45) is 1.43. The van der Waals surface area contributed by atoms with Gasteiger partial charge in [-0.2, -0.15) is 0 Å². The number of carbonyl (C=O) groups excluding carboxylic acids is 2. The van der Waals surface area contributed by atoms with E-state index in [0.29, 0.717) is 25.9 Å². The number of piperidine rings is 1. The largest absolute Gasteiger partial charge is 0.342 e. The van der Waals surface area contributed by atoms with E-state index in [-0.39, 0.29) is 17.7 Å². The lowest BCUT2D eigenvalue weighted by Crippen LogP contribution is -2.49. The molecule has 1 saturated heterocycles. The zero-order valence-corrected chi connectivity index (χ0v) is 12.0. The van der Waals surface area contributed by atoms with Crippen LogP contribution in [0.1, 0.15) is 32.3 Å². The minimum absolute atomic E-state index is 0.0220. The summed E-state index contributed by atoms with van der Waals surface area (Å²) in [5.74, 6) is 0.302. The van der Waals surface area contributed by atoms with Crippen LogP contribution >= 0.6 is 0 Å². The summed E-state index contributed by atoms with van der Waals surface area (Å²) in [6, 6.07) is 7.91. The van der Waals surface area contributed by atoms with Crippen LogP contribution in [0.15, 0.2) is 24.3 Å². The predicted octanol–water partition coefficient (Wildman–Crippen LogP) is 2.15. The molecule has 0 radical (unpaired) electrons. The van der Waals surface area contributed by atoms with Crippen LogP contribution in [0.5, 0.6) is 0 Å². The Labute approximate surface area is 119 Å². The lowest BCUT2D eigenvalue weighted by molar-refractivity contribution is -0.137. The van der Waals surface area contributed by atoms with Crippen LogP contribution in [-0.2, 0) is 15.0 Å². The van der Waals surface area contributed by atoms with E-state index < -0.39 is 5.41 Å². The Morgan fingerprint density at radius 1 is 1.25 bits per heavy atom. The van der Waals surface area contributed by atoms with Gasteiger partial charge in [0, 0.05) is 24.7 Å². The molecule has 4 nitrogen and oxygen atoms in total. The summed E-state index contributed by atoms with van der Waals surface area (Å²) in [6.45, 7) is 5.17. The molecule has 20 heavy (non-hydrogen) atoms. The normalized spacial score (nSPS) is 20.1. The number of para-hydroxylation sites is 1. The van der Waals surface area contributed by atoms with Crippen molar-refractivity contribution < 1.29 is 9.59 Å². The van der Waals surface area contributed by atoms with E-state index in [1.807, 2.05) is 43.0 Å². The Morgan fingerprint density at radius 2 is 1.90 bits per heavy atom. The Kier molecular flexibility index (Phi) is 3.04. The number of fused-ring (bicyclic) bond motifs is 2. The first-order valence-electron chi connectivity index (χ1n) is 7.24. The molecule has 1 N–H and O–H groups in total. The topological polar surface area (TPSA) is 49.4 Å². The number of anilines is 1. The van der Waals surface area contributed by atoms with Crippen molar-refractivity contribution in [3.8, 4) is 0 Å². The van der Waals surface area contributed by atoms with Crippen LogP contribution < -0.4 is 5.32 Å². The molecule has 1 aromatic rings. The maximum atomic E-state index is 12.4. The van der Waals surface area contributed by atoms with Crippen LogP contribution in [0.25, 0.3) is 0 Å². The van der Waals surface area contributed by atoms with E-state index in [2.05, 4.69) is 5.32 Å². The van der Waals surface area contributed by atoms with Gasteiger partial charge in [0.2, 0.25) is 11.8 Å². The zero-order chi connectivity index (χ0) is 14.3. The number of benzene rings is 1. The molecule has 4 heteroatoms. The van der Waals surface area contributed by atoms with Crippen LogP contribution in [0.3, 0.4) is 0 Å². The molecule has 0 unspecified atom stereocenters. The molecule has 0 aromatic heterocycles. The van der Waals surface area contributed by atoms with Crippen molar-refractivity contribution in [1.29, 1.82) is 0 Å². The number of hydrogen-bond acceptors (Lipinski definition) is 2. The van der Waals surface area contributed by atoms with Crippen molar-refractivity contribution in [2.24, 2.45) is 5.92 Å². The van der Waals surface area contributed by atoms with E-state index >= 15 is 0 Å². The number of amides is 2. The standard InChI is InChI=1S/C16H20N2O2/c1-11(2)14(19)18-9-7-16(8-10-18)12-5-3-4-6-13(12)17-15(16)20/h3-6,11H,7-10H2,1-2H3,(H,17,20). The van der Waals surface area contributed by atoms with Gasteiger partial charge in [0.15, 0.2) is 0 Å². The first-order chi connectivity index (χ1) is 9.54. The number of rotatable bonds is 1. The molecular weight excluding hydrogens is 252 g/mol. The summed E-state index contributed by atoms with van der Waals surface area (Å²) in [7, 11) is 0. The quantitative estimate of drug-likeness (QED) is 0.851. The van der Waals surface area contributed by atoms with E-state index in [1.54, 1.807) is 0 Å². The molecule has 2 aliphatic rings. The molecule has 2 heterocycles. The lowest BCUT2D eigenvalue weighted by atomic mass is 9.73. The van der Waals surface area contributed by atoms with Crippen molar-refractivity contribution in [3.05, 3.63) is 29.8 Å². The minimum Gasteiger partial charge on any atom is -0.342 e. The SMILES string of the molecule is CC(C)C(=O)N1CCC2(CC1)C(=O)Nc1ccccc12. The Hall–Kier alpha value is -1.84. The highest BCUT2D eigenvalue weighted by Gasteiger charge is 2.48. The van der Waals surface area contributed by atoms with Crippen LogP contribution in [-0.4, -0.2) is 29.8 Å². The fourth-order valence-corrected chi connectivity index (χ4v) is 3.34. The third kappa shape index (κ3) is 1.82. The minimum atomic E-state index is -0.426. The maximum absolute atomic E-state index is 12.4. The van der Waals surface area contributed by atoms with Crippen molar-refractivity contribution in [2.45, 2.75) is 32.1 Å². The van der Waals surface area contributed by atoms with E-state index in [9.17, 15) is 9.59 Å². The van der Waals surface area contributed by atoms with Crippen molar-refractivity contribution >= 4 is 17.5 Å². The second-order valence-corrected chi connectivity index (χ2v) is 6.06. The van der Waals surface area contributed by atoms with Crippen LogP contribution in [0.2, 0.25) is 0 Å². The molecular formula is C16H20N2O2. The molecule has 1 aromatic carbocycles. The van der Waals surface area contributed by atoms with Gasteiger partial charge in [0.25, 0.3) is 0 Å². The Balaban J connectivity index is 1.84. The summed E-state index contributed by atoms with van der Waals surface area (Å²) in [5.41, 5.74) is 1.60. The third-order valence-corrected chi connectivity index (χ3v) is 4.55. The number of likely N-dealkylation sites (tertiary alicyclic amines) is 1. The molecule has 1 spiro atoms. The lowest BCUT2D eigenvalue weighted by Gasteiger charge is -2.38. The average molecular weight is 272 g/mol. The summed E-state index contributed by atoms with van der Waals surface area (Å²) >= 11 is 0. The molecule has 0 bridgehead atoms. The Bertz CT molecular complexity index is 557. The monoisotopic (exact) mass is 272 g/mol. The van der Waals surface area contributed by atoms with Gasteiger partial charge in [-0.3, -0.25) is 9.59 Å². The average Bonchev–Trinajstić information content (AvgIpc) is 2.72. The molecule has 0 saturated carbocycles. The van der Waals surface area contributed by atoms with Gasteiger partial charge < -0.3 is 10.2 Å². The molecule has 0 atom stereocenters. The fourth-order valence-electron chi connectivity index (χ4n) is 3.34. The Morgan fingerprint density at radius 3 is 2.55 bits per heavy atom. The fraction of sp³-hybridized carbons (Fsp3) is 0.500. The van der Waals surface area contributed by atoms with Crippen molar-refractivity contribution in [2.75, 3.05) is 18.4 Å². The van der Waals surface area contributed by atoms with Gasteiger partial charge in [0.05, 0.1) is 5.41 Å². The van der Waals surface area contributed by atoms with Crippen molar-refractivity contribution in [3.63, 3.8) is 0 Å². The number of nitrogens with zero attached hydrogens (tertiary/aromatic N) is 1. The third-order valence-electron chi connectivity index (χ3n) is 4.55. The molecule has 3 rings (SSSR count). The van der Waals surface area contributed by atoms with E-state index in [4.69, 9.17) is 0 Å². The number of nitrogens with one attached hydrogen (secondary N) is 1. The predicted molar refractivity (Wildman–Crippen MR) is 77.4 cm³/mol. The molecule has 2 aliphatic heterocycles. The first-order valence-corrected chi connectivity index (χ1v) is 7.24. The molecule has 106 valence electrons. The van der Waals surface area contributed by atoms with E-state index in [1.165, 1.54) is 0 Å². The first kappa shape index (κ1) is 13.2. The second-order valence-electron chi connectivity index (χ2n) is 6.06. The molecule has 0 aliphatic carbocycles. The number of hydrogen-bond donors (Lipinski definition) is 1. The highest BCUT2D eigenvalue weighted by molar-refractivity contribution is 6.06. The van der Waals surface area contributed by atoms with Crippen molar-refractivity contribution in [1.82, 2.24) is 4.90 Å². The van der Waals surface area contributed by atoms with Gasteiger partial charge in [-0.15, -0.1) is 0 Å². The van der Waals surface area contributed by atoms with Gasteiger partial charge in [-0.1, -0.05) is 32.0 Å². The maximum Gasteiger partial charge on any atom is 0.235 e. The molecule has 2 amide bonds. The second kappa shape index (κ2) is 4.62. The zero-order valence-electron chi connectivity index (χ0n) is 12.0. The van der Waals surface area contributed by atoms with Gasteiger partial charge in [-0.05, 0) is 24.5 Å². The summed E-state index contributed by atoms with van der Waals surface area (Å²) < 4.78 is 0. The van der Waals surface area contributed by atoms with Crippen LogP contribution in [0.4, 0.5) is 5.69 Å². The van der Waals surface area contributed by atoms with Gasteiger partial charge in [-0.25, -0.2) is 0 Å². The van der Waals surface area contributed by atoms with Crippen LogP contribution in [0, 0.1) is 5.92 Å². The van der Waals surface area contributed by atoms with Gasteiger partial charge >= 0.3 is 0 Å². The molecule has 1 fully saturated rings. The highest BCUT2D eigenvalue weighted by Crippen LogP contribution is 2.44. The highest BCUT2D eigenvalue weighted by atomic mass is 16.2. The summed E-state index contributed by atoms with van der Waals surface area (Å²) in [5, 5.41) is 2.98.